The van der Waals surface area contributed by atoms with Crippen LogP contribution in [-0.4, -0.2) is 29.1 Å². The first kappa shape index (κ1) is 15.9. The molecule has 0 bridgehead atoms. The van der Waals surface area contributed by atoms with E-state index in [2.05, 4.69) is 10.6 Å². The Morgan fingerprint density at radius 2 is 1.92 bits per heavy atom. The number of hydrogen-bond donors (Lipinski definition) is 3. The third-order valence-electron chi connectivity index (χ3n) is 3.95. The van der Waals surface area contributed by atoms with Crippen molar-refractivity contribution in [3.63, 3.8) is 0 Å². The number of carbonyl (C=O) groups is 2. The molecule has 2 aromatic rings. The first-order valence-electron chi connectivity index (χ1n) is 7.65. The van der Waals surface area contributed by atoms with Gasteiger partial charge in [-0.25, -0.2) is 0 Å². The normalized spacial score (nSPS) is 19.0. The van der Waals surface area contributed by atoms with Gasteiger partial charge in [0.15, 0.2) is 0 Å². The van der Waals surface area contributed by atoms with E-state index in [0.717, 1.165) is 5.56 Å². The predicted molar refractivity (Wildman–Crippen MR) is 88.9 cm³/mol. The van der Waals surface area contributed by atoms with Crippen molar-refractivity contribution in [1.82, 2.24) is 5.32 Å². The second-order valence-electron chi connectivity index (χ2n) is 5.76. The van der Waals surface area contributed by atoms with Crippen LogP contribution in [0.15, 0.2) is 48.5 Å². The molecule has 3 N–H and O–H groups in total. The fourth-order valence-electron chi connectivity index (χ4n) is 2.47. The summed E-state index contributed by atoms with van der Waals surface area (Å²) in [5, 5.41) is 14.7. The van der Waals surface area contributed by atoms with Crippen molar-refractivity contribution in [2.75, 3.05) is 11.9 Å². The van der Waals surface area contributed by atoms with Gasteiger partial charge < -0.3 is 20.5 Å². The fraction of sp³-hybridized carbons (Fsp3) is 0.222. The lowest BCUT2D eigenvalue weighted by molar-refractivity contribution is -0.146. The lowest BCUT2D eigenvalue weighted by atomic mass is 10.0. The maximum absolute atomic E-state index is 12.4. The standard InChI is InChI=1S/C18H18N2O4/c1-18(17(23)20-14-4-2-3-5-15(14)24-18)16(22)19-11-10-12-6-8-13(21)9-7-12/h2-9,21H,10-11H2,1H3,(H,19,22)(H,20,23). The molecule has 2 amide bonds. The highest BCUT2D eigenvalue weighted by atomic mass is 16.5. The third-order valence-corrected chi connectivity index (χ3v) is 3.95. The molecule has 124 valence electrons. The van der Waals surface area contributed by atoms with Crippen molar-refractivity contribution >= 4 is 17.5 Å². The molecule has 1 aliphatic rings. The Bertz CT molecular complexity index is 773. The van der Waals surface area contributed by atoms with E-state index in [1.54, 1.807) is 48.5 Å². The molecule has 1 atom stereocenters. The van der Waals surface area contributed by atoms with E-state index in [1.807, 2.05) is 0 Å². The number of para-hydroxylation sites is 2. The van der Waals surface area contributed by atoms with Gasteiger partial charge in [-0.2, -0.15) is 0 Å². The zero-order valence-corrected chi connectivity index (χ0v) is 13.2. The molecule has 1 unspecified atom stereocenters. The number of carbonyl (C=O) groups excluding carboxylic acids is 2. The van der Waals surface area contributed by atoms with Gasteiger partial charge in [-0.05, 0) is 43.2 Å². The number of amides is 2. The SMILES string of the molecule is CC1(C(=O)NCCc2ccc(O)cc2)Oc2ccccc2NC1=O. The van der Waals surface area contributed by atoms with Crippen LogP contribution < -0.4 is 15.4 Å². The number of phenols is 1. The van der Waals surface area contributed by atoms with Gasteiger partial charge in [-0.15, -0.1) is 0 Å². The van der Waals surface area contributed by atoms with Gasteiger partial charge in [-0.1, -0.05) is 24.3 Å². The van der Waals surface area contributed by atoms with Crippen molar-refractivity contribution in [3.8, 4) is 11.5 Å². The highest BCUT2D eigenvalue weighted by molar-refractivity contribution is 6.15. The van der Waals surface area contributed by atoms with Crippen molar-refractivity contribution in [2.24, 2.45) is 0 Å². The molecule has 2 aromatic carbocycles. The Labute approximate surface area is 139 Å². The van der Waals surface area contributed by atoms with Crippen LogP contribution in [-0.2, 0) is 16.0 Å². The van der Waals surface area contributed by atoms with Crippen LogP contribution in [0.5, 0.6) is 11.5 Å². The van der Waals surface area contributed by atoms with Crippen LogP contribution in [0.2, 0.25) is 0 Å². The first-order valence-corrected chi connectivity index (χ1v) is 7.65. The van der Waals surface area contributed by atoms with Crippen LogP contribution in [0.4, 0.5) is 5.69 Å². The molecule has 0 aliphatic carbocycles. The zero-order valence-electron chi connectivity index (χ0n) is 13.2. The lowest BCUT2D eigenvalue weighted by Crippen LogP contribution is -2.58. The molecule has 6 nitrogen and oxygen atoms in total. The van der Waals surface area contributed by atoms with Gasteiger partial charge in [0.2, 0.25) is 0 Å². The number of aromatic hydroxyl groups is 1. The molecular weight excluding hydrogens is 308 g/mol. The van der Waals surface area contributed by atoms with Gasteiger partial charge >= 0.3 is 0 Å². The average molecular weight is 326 g/mol. The monoisotopic (exact) mass is 326 g/mol. The first-order chi connectivity index (χ1) is 11.5. The number of hydrogen-bond acceptors (Lipinski definition) is 4. The van der Waals surface area contributed by atoms with Gasteiger partial charge in [0, 0.05) is 6.54 Å². The Kier molecular flexibility index (Phi) is 4.12. The largest absolute Gasteiger partial charge is 0.508 e. The van der Waals surface area contributed by atoms with Crippen LogP contribution in [0, 0.1) is 0 Å². The van der Waals surface area contributed by atoms with Gasteiger partial charge in [0.25, 0.3) is 17.4 Å². The summed E-state index contributed by atoms with van der Waals surface area (Å²) in [6.07, 6.45) is 0.584. The molecule has 6 heteroatoms. The summed E-state index contributed by atoms with van der Waals surface area (Å²) in [5.74, 6) is -0.328. The third kappa shape index (κ3) is 3.03. The molecule has 0 aromatic heterocycles. The predicted octanol–water partition coefficient (Wildman–Crippen LogP) is 1.84. The number of phenolic OH excluding ortho intramolecular Hbond substituents is 1. The molecule has 3 rings (SSSR count). The smallest absolute Gasteiger partial charge is 0.278 e. The number of rotatable bonds is 4. The molecule has 0 saturated carbocycles. The Balaban J connectivity index is 1.63. The van der Waals surface area contributed by atoms with E-state index < -0.39 is 17.4 Å². The summed E-state index contributed by atoms with van der Waals surface area (Å²) in [5.41, 5.74) is -0.0852. The fourth-order valence-corrected chi connectivity index (χ4v) is 2.47. The topological polar surface area (TPSA) is 87.7 Å². The lowest BCUT2D eigenvalue weighted by Gasteiger charge is -2.33. The minimum atomic E-state index is -1.61. The van der Waals surface area contributed by atoms with Crippen LogP contribution >= 0.6 is 0 Å². The molecule has 0 spiro atoms. The molecule has 0 saturated heterocycles. The Morgan fingerprint density at radius 3 is 2.67 bits per heavy atom. The van der Waals surface area contributed by atoms with E-state index in [-0.39, 0.29) is 5.75 Å². The second kappa shape index (κ2) is 6.23. The van der Waals surface area contributed by atoms with Crippen LogP contribution in [0.25, 0.3) is 0 Å². The molecule has 24 heavy (non-hydrogen) atoms. The number of anilines is 1. The molecular formula is C18H18N2O4. The van der Waals surface area contributed by atoms with Gasteiger partial charge in [-0.3, -0.25) is 9.59 Å². The molecule has 0 radical (unpaired) electrons. The van der Waals surface area contributed by atoms with E-state index in [9.17, 15) is 14.7 Å². The van der Waals surface area contributed by atoms with Crippen molar-refractivity contribution in [3.05, 3.63) is 54.1 Å². The maximum Gasteiger partial charge on any atom is 0.278 e. The molecule has 1 heterocycles. The summed E-state index contributed by atoms with van der Waals surface area (Å²) in [4.78, 5) is 24.7. The highest BCUT2D eigenvalue weighted by Crippen LogP contribution is 2.33. The summed E-state index contributed by atoms with van der Waals surface area (Å²) in [6.45, 7) is 1.81. The van der Waals surface area contributed by atoms with E-state index in [4.69, 9.17) is 4.74 Å². The Morgan fingerprint density at radius 1 is 1.21 bits per heavy atom. The minimum Gasteiger partial charge on any atom is -0.508 e. The number of nitrogens with one attached hydrogen (secondary N) is 2. The quantitative estimate of drug-likeness (QED) is 0.748. The van der Waals surface area contributed by atoms with E-state index in [0.29, 0.717) is 24.4 Å². The second-order valence-corrected chi connectivity index (χ2v) is 5.76. The summed E-state index contributed by atoms with van der Waals surface area (Å²) in [6, 6.07) is 13.7. The van der Waals surface area contributed by atoms with Gasteiger partial charge in [0.05, 0.1) is 5.69 Å². The minimum absolute atomic E-state index is 0.196. The highest BCUT2D eigenvalue weighted by Gasteiger charge is 2.46. The number of benzene rings is 2. The van der Waals surface area contributed by atoms with Gasteiger partial charge in [0.1, 0.15) is 11.5 Å². The maximum atomic E-state index is 12.4. The zero-order chi connectivity index (χ0) is 17.2. The number of ether oxygens (including phenoxy) is 1. The summed E-state index contributed by atoms with van der Waals surface area (Å²) < 4.78 is 5.65. The Hall–Kier alpha value is -3.02. The molecule has 1 aliphatic heterocycles. The van der Waals surface area contributed by atoms with E-state index in [1.165, 1.54) is 6.92 Å². The van der Waals surface area contributed by atoms with Crippen LogP contribution in [0.3, 0.4) is 0 Å². The molecule has 0 fully saturated rings. The summed E-state index contributed by atoms with van der Waals surface area (Å²) in [7, 11) is 0. The van der Waals surface area contributed by atoms with Crippen molar-refractivity contribution in [1.29, 1.82) is 0 Å². The van der Waals surface area contributed by atoms with E-state index >= 15 is 0 Å². The average Bonchev–Trinajstić information content (AvgIpc) is 2.57. The van der Waals surface area contributed by atoms with Crippen molar-refractivity contribution < 1.29 is 19.4 Å². The van der Waals surface area contributed by atoms with Crippen molar-refractivity contribution in [2.45, 2.75) is 18.9 Å². The summed E-state index contributed by atoms with van der Waals surface area (Å²) >= 11 is 0. The van der Waals surface area contributed by atoms with Crippen LogP contribution in [0.1, 0.15) is 12.5 Å². The number of fused-ring (bicyclic) bond motifs is 1.